The van der Waals surface area contributed by atoms with Crippen molar-refractivity contribution < 1.29 is 9.53 Å². The fraction of sp³-hybridized carbons (Fsp3) is 0.455. The van der Waals surface area contributed by atoms with Crippen LogP contribution in [0, 0.1) is 6.92 Å². The van der Waals surface area contributed by atoms with Gasteiger partial charge in [0.15, 0.2) is 0 Å². The van der Waals surface area contributed by atoms with Gasteiger partial charge >= 0.3 is 0 Å². The van der Waals surface area contributed by atoms with Crippen molar-refractivity contribution in [1.29, 1.82) is 0 Å². The van der Waals surface area contributed by atoms with Gasteiger partial charge < -0.3 is 10.1 Å². The monoisotopic (exact) mass is 240 g/mol. The van der Waals surface area contributed by atoms with Crippen LogP contribution in [0.25, 0.3) is 0 Å². The van der Waals surface area contributed by atoms with Crippen LogP contribution < -0.4 is 5.32 Å². The summed E-state index contributed by atoms with van der Waals surface area (Å²) in [5.41, 5.74) is 1.28. The van der Waals surface area contributed by atoms with Gasteiger partial charge in [-0.15, -0.1) is 0 Å². The highest BCUT2D eigenvalue weighted by Gasteiger charge is 2.18. The minimum atomic E-state index is -0.122. The standard InChI is InChI=1S/C11H13ClN2O2/c1-7-4-8(5-10(12)13-7)11(15)14-9-2-3-16-6-9/h4-5,9H,2-3,6H2,1H3,(H,14,15). The number of rotatable bonds is 2. The molecule has 4 nitrogen and oxygen atoms in total. The summed E-state index contributed by atoms with van der Waals surface area (Å²) in [6, 6.07) is 3.40. The van der Waals surface area contributed by atoms with Crippen LogP contribution in [0.3, 0.4) is 0 Å². The van der Waals surface area contributed by atoms with Crippen molar-refractivity contribution in [3.63, 3.8) is 0 Å². The Kier molecular flexibility index (Phi) is 3.41. The largest absolute Gasteiger partial charge is 0.379 e. The molecule has 2 rings (SSSR count). The van der Waals surface area contributed by atoms with E-state index in [-0.39, 0.29) is 11.9 Å². The number of halogens is 1. The van der Waals surface area contributed by atoms with Gasteiger partial charge in [0.1, 0.15) is 5.15 Å². The average Bonchev–Trinajstić information content (AvgIpc) is 2.68. The van der Waals surface area contributed by atoms with E-state index in [2.05, 4.69) is 10.3 Å². The highest BCUT2D eigenvalue weighted by Crippen LogP contribution is 2.11. The molecule has 0 aliphatic carbocycles. The molecule has 1 unspecified atom stereocenters. The first-order valence-electron chi connectivity index (χ1n) is 5.18. The Morgan fingerprint density at radius 2 is 2.44 bits per heavy atom. The van der Waals surface area contributed by atoms with Crippen LogP contribution >= 0.6 is 11.6 Å². The van der Waals surface area contributed by atoms with Gasteiger partial charge in [-0.3, -0.25) is 4.79 Å². The summed E-state index contributed by atoms with van der Waals surface area (Å²) >= 11 is 5.80. The second-order valence-electron chi connectivity index (χ2n) is 3.85. The van der Waals surface area contributed by atoms with Gasteiger partial charge in [0.05, 0.1) is 12.6 Å². The van der Waals surface area contributed by atoms with Crippen LogP contribution in [0.5, 0.6) is 0 Å². The molecule has 0 aromatic carbocycles. The molecule has 1 fully saturated rings. The fourth-order valence-corrected chi connectivity index (χ4v) is 1.93. The summed E-state index contributed by atoms with van der Waals surface area (Å²) in [5.74, 6) is -0.122. The maximum Gasteiger partial charge on any atom is 0.251 e. The number of aryl methyl sites for hydroxylation is 1. The molecule has 1 aliphatic heterocycles. The SMILES string of the molecule is Cc1cc(C(=O)NC2CCOC2)cc(Cl)n1. The fourth-order valence-electron chi connectivity index (χ4n) is 1.68. The minimum Gasteiger partial charge on any atom is -0.379 e. The molecule has 1 aliphatic rings. The zero-order chi connectivity index (χ0) is 11.5. The first-order valence-corrected chi connectivity index (χ1v) is 5.56. The van der Waals surface area contributed by atoms with Gasteiger partial charge in [-0.1, -0.05) is 11.6 Å². The van der Waals surface area contributed by atoms with Crippen LogP contribution in [0.2, 0.25) is 5.15 Å². The number of hydrogen-bond donors (Lipinski definition) is 1. The Morgan fingerprint density at radius 1 is 1.62 bits per heavy atom. The van der Waals surface area contributed by atoms with Crippen molar-refractivity contribution in [3.8, 4) is 0 Å². The molecule has 0 saturated carbocycles. The Morgan fingerprint density at radius 3 is 3.06 bits per heavy atom. The minimum absolute atomic E-state index is 0.111. The first-order chi connectivity index (χ1) is 7.65. The molecule has 1 amide bonds. The third kappa shape index (κ3) is 2.71. The molecule has 16 heavy (non-hydrogen) atoms. The summed E-state index contributed by atoms with van der Waals surface area (Å²) in [4.78, 5) is 15.9. The lowest BCUT2D eigenvalue weighted by molar-refractivity contribution is 0.0929. The quantitative estimate of drug-likeness (QED) is 0.799. The first kappa shape index (κ1) is 11.4. The molecule has 1 aromatic rings. The van der Waals surface area contributed by atoms with E-state index in [0.29, 0.717) is 23.9 Å². The smallest absolute Gasteiger partial charge is 0.251 e. The lowest BCUT2D eigenvalue weighted by Gasteiger charge is -2.10. The number of amides is 1. The van der Waals surface area contributed by atoms with Gasteiger partial charge in [0.25, 0.3) is 5.91 Å². The van der Waals surface area contributed by atoms with E-state index in [9.17, 15) is 4.79 Å². The molecule has 1 atom stereocenters. The molecule has 1 aromatic heterocycles. The van der Waals surface area contributed by atoms with Crippen LogP contribution in [-0.4, -0.2) is 30.1 Å². The predicted octanol–water partition coefficient (Wildman–Crippen LogP) is 1.56. The summed E-state index contributed by atoms with van der Waals surface area (Å²) < 4.78 is 5.19. The van der Waals surface area contributed by atoms with Crippen LogP contribution in [-0.2, 0) is 4.74 Å². The molecular formula is C11H13ClN2O2. The number of aromatic nitrogens is 1. The Bertz CT molecular complexity index is 383. The number of carbonyl (C=O) groups excluding carboxylic acids is 1. The van der Waals surface area contributed by atoms with Gasteiger partial charge in [-0.25, -0.2) is 4.98 Å². The maximum atomic E-state index is 11.9. The topological polar surface area (TPSA) is 51.2 Å². The lowest BCUT2D eigenvalue weighted by atomic mass is 10.2. The number of carbonyl (C=O) groups is 1. The molecule has 5 heteroatoms. The average molecular weight is 241 g/mol. The van der Waals surface area contributed by atoms with Crippen LogP contribution in [0.1, 0.15) is 22.5 Å². The van der Waals surface area contributed by atoms with Crippen LogP contribution in [0.15, 0.2) is 12.1 Å². The highest BCUT2D eigenvalue weighted by molar-refractivity contribution is 6.29. The molecule has 86 valence electrons. The van der Waals surface area contributed by atoms with Crippen molar-refractivity contribution in [3.05, 3.63) is 28.5 Å². The van der Waals surface area contributed by atoms with E-state index < -0.39 is 0 Å². The van der Waals surface area contributed by atoms with Crippen molar-refractivity contribution in [2.75, 3.05) is 13.2 Å². The Balaban J connectivity index is 2.07. The Hall–Kier alpha value is -1.13. The van der Waals surface area contributed by atoms with Gasteiger partial charge in [-0.2, -0.15) is 0 Å². The number of hydrogen-bond acceptors (Lipinski definition) is 3. The summed E-state index contributed by atoms with van der Waals surface area (Å²) in [6.45, 7) is 3.10. The van der Waals surface area contributed by atoms with E-state index in [1.54, 1.807) is 19.1 Å². The lowest BCUT2D eigenvalue weighted by Crippen LogP contribution is -2.35. The molecule has 1 saturated heterocycles. The van der Waals surface area contributed by atoms with Gasteiger partial charge in [0, 0.05) is 17.9 Å². The normalized spacial score (nSPS) is 19.8. The summed E-state index contributed by atoms with van der Waals surface area (Å²) in [7, 11) is 0. The maximum absolute atomic E-state index is 11.9. The zero-order valence-electron chi connectivity index (χ0n) is 9.00. The molecule has 0 spiro atoms. The van der Waals surface area contributed by atoms with E-state index in [1.807, 2.05) is 0 Å². The molecule has 2 heterocycles. The number of ether oxygens (including phenoxy) is 1. The van der Waals surface area contributed by atoms with Crippen molar-refractivity contribution in [2.45, 2.75) is 19.4 Å². The van der Waals surface area contributed by atoms with Crippen LogP contribution in [0.4, 0.5) is 0 Å². The van der Waals surface area contributed by atoms with Gasteiger partial charge in [0.2, 0.25) is 0 Å². The van der Waals surface area contributed by atoms with Crippen molar-refractivity contribution in [2.24, 2.45) is 0 Å². The number of nitrogens with zero attached hydrogens (tertiary/aromatic N) is 1. The van der Waals surface area contributed by atoms with E-state index in [0.717, 1.165) is 12.1 Å². The number of nitrogens with one attached hydrogen (secondary N) is 1. The van der Waals surface area contributed by atoms with Crippen molar-refractivity contribution in [1.82, 2.24) is 10.3 Å². The molecular weight excluding hydrogens is 228 g/mol. The second kappa shape index (κ2) is 4.80. The van der Waals surface area contributed by atoms with Gasteiger partial charge in [-0.05, 0) is 25.5 Å². The third-order valence-electron chi connectivity index (χ3n) is 2.45. The third-order valence-corrected chi connectivity index (χ3v) is 2.64. The molecule has 0 radical (unpaired) electrons. The van der Waals surface area contributed by atoms with E-state index >= 15 is 0 Å². The summed E-state index contributed by atoms with van der Waals surface area (Å²) in [5, 5.41) is 3.24. The second-order valence-corrected chi connectivity index (χ2v) is 4.24. The zero-order valence-corrected chi connectivity index (χ0v) is 9.75. The van der Waals surface area contributed by atoms with Crippen molar-refractivity contribution >= 4 is 17.5 Å². The molecule has 0 bridgehead atoms. The molecule has 1 N–H and O–H groups in total. The van der Waals surface area contributed by atoms with E-state index in [4.69, 9.17) is 16.3 Å². The Labute approximate surface area is 99.0 Å². The number of pyridine rings is 1. The predicted molar refractivity (Wildman–Crippen MR) is 60.7 cm³/mol. The summed E-state index contributed by atoms with van der Waals surface area (Å²) in [6.07, 6.45) is 0.865. The highest BCUT2D eigenvalue weighted by atomic mass is 35.5. The van der Waals surface area contributed by atoms with E-state index in [1.165, 1.54) is 0 Å².